The SMILES string of the molecule is CCN(CCOC(=O)Oc1ccccc1)c1ccccc1C. The molecule has 0 aliphatic carbocycles. The highest BCUT2D eigenvalue weighted by Crippen LogP contribution is 2.18. The Balaban J connectivity index is 1.82. The fourth-order valence-corrected chi connectivity index (χ4v) is 2.22. The molecule has 0 N–H and O–H groups in total. The van der Waals surface area contributed by atoms with Crippen molar-refractivity contribution in [2.75, 3.05) is 24.6 Å². The minimum atomic E-state index is -0.674. The third kappa shape index (κ3) is 4.52. The van der Waals surface area contributed by atoms with Gasteiger partial charge in [0.25, 0.3) is 0 Å². The molecular weight excluding hydrogens is 278 g/mol. The topological polar surface area (TPSA) is 38.8 Å². The first-order valence-electron chi connectivity index (χ1n) is 7.41. The van der Waals surface area contributed by atoms with Crippen LogP contribution in [-0.4, -0.2) is 25.9 Å². The molecule has 0 atom stereocenters. The fourth-order valence-electron chi connectivity index (χ4n) is 2.22. The molecule has 4 heteroatoms. The van der Waals surface area contributed by atoms with Gasteiger partial charge >= 0.3 is 6.16 Å². The molecule has 2 aromatic carbocycles. The number of carbonyl (C=O) groups excluding carboxylic acids is 1. The van der Waals surface area contributed by atoms with E-state index in [0.717, 1.165) is 12.2 Å². The Morgan fingerprint density at radius 2 is 1.73 bits per heavy atom. The molecule has 22 heavy (non-hydrogen) atoms. The minimum absolute atomic E-state index is 0.286. The summed E-state index contributed by atoms with van der Waals surface area (Å²) in [5.74, 6) is 0.485. The molecule has 0 saturated heterocycles. The Morgan fingerprint density at radius 1 is 1.05 bits per heavy atom. The van der Waals surface area contributed by atoms with E-state index in [0.29, 0.717) is 12.3 Å². The van der Waals surface area contributed by atoms with Gasteiger partial charge in [0, 0.05) is 12.2 Å². The van der Waals surface area contributed by atoms with E-state index >= 15 is 0 Å². The average Bonchev–Trinajstić information content (AvgIpc) is 2.53. The second kappa shape index (κ2) is 8.08. The number of rotatable bonds is 6. The zero-order valence-electron chi connectivity index (χ0n) is 13.0. The van der Waals surface area contributed by atoms with Gasteiger partial charge in [-0.05, 0) is 37.6 Å². The van der Waals surface area contributed by atoms with E-state index in [1.54, 1.807) is 24.3 Å². The van der Waals surface area contributed by atoms with Gasteiger partial charge in [-0.1, -0.05) is 36.4 Å². The third-order valence-electron chi connectivity index (χ3n) is 3.36. The van der Waals surface area contributed by atoms with Crippen LogP contribution >= 0.6 is 0 Å². The Labute approximate surface area is 131 Å². The van der Waals surface area contributed by atoms with Crippen molar-refractivity contribution in [1.29, 1.82) is 0 Å². The van der Waals surface area contributed by atoms with Crippen molar-refractivity contribution in [3.8, 4) is 5.75 Å². The lowest BCUT2D eigenvalue weighted by molar-refractivity contribution is 0.101. The van der Waals surface area contributed by atoms with E-state index in [2.05, 4.69) is 30.9 Å². The standard InChI is InChI=1S/C18H21NO3/c1-3-19(17-12-8-7-9-15(17)2)13-14-21-18(20)22-16-10-5-4-6-11-16/h4-12H,3,13-14H2,1-2H3. The molecule has 0 heterocycles. The number of para-hydroxylation sites is 2. The van der Waals surface area contributed by atoms with Gasteiger partial charge in [-0.15, -0.1) is 0 Å². The fraction of sp³-hybridized carbons (Fsp3) is 0.278. The normalized spacial score (nSPS) is 10.1. The predicted molar refractivity (Wildman–Crippen MR) is 87.5 cm³/mol. The summed E-state index contributed by atoms with van der Waals surface area (Å²) in [6, 6.07) is 17.1. The number of hydrogen-bond donors (Lipinski definition) is 0. The van der Waals surface area contributed by atoms with Gasteiger partial charge in [0.15, 0.2) is 0 Å². The molecular formula is C18H21NO3. The monoisotopic (exact) mass is 299 g/mol. The van der Waals surface area contributed by atoms with Crippen molar-refractivity contribution in [2.24, 2.45) is 0 Å². The second-order valence-electron chi connectivity index (χ2n) is 4.88. The largest absolute Gasteiger partial charge is 0.513 e. The number of benzene rings is 2. The van der Waals surface area contributed by atoms with Crippen molar-refractivity contribution in [3.05, 3.63) is 60.2 Å². The van der Waals surface area contributed by atoms with Crippen LogP contribution in [0, 0.1) is 6.92 Å². The van der Waals surface area contributed by atoms with Crippen molar-refractivity contribution in [1.82, 2.24) is 0 Å². The highest BCUT2D eigenvalue weighted by atomic mass is 16.7. The smallest absolute Gasteiger partial charge is 0.432 e. The van der Waals surface area contributed by atoms with Crippen molar-refractivity contribution in [2.45, 2.75) is 13.8 Å². The van der Waals surface area contributed by atoms with Crippen LogP contribution in [0.3, 0.4) is 0 Å². The zero-order valence-corrected chi connectivity index (χ0v) is 13.0. The number of ether oxygens (including phenoxy) is 2. The first kappa shape index (κ1) is 15.9. The maximum atomic E-state index is 11.6. The van der Waals surface area contributed by atoms with Crippen LogP contribution in [0.5, 0.6) is 5.75 Å². The Bertz CT molecular complexity index is 598. The summed E-state index contributed by atoms with van der Waals surface area (Å²) < 4.78 is 10.2. The van der Waals surface area contributed by atoms with Gasteiger partial charge in [-0.3, -0.25) is 0 Å². The van der Waals surface area contributed by atoms with E-state index in [1.165, 1.54) is 5.56 Å². The Kier molecular flexibility index (Phi) is 5.83. The summed E-state index contributed by atoms with van der Waals surface area (Å²) in [5, 5.41) is 0. The summed E-state index contributed by atoms with van der Waals surface area (Å²) in [4.78, 5) is 13.8. The summed E-state index contributed by atoms with van der Waals surface area (Å²) in [6.07, 6.45) is -0.674. The molecule has 2 rings (SSSR count). The lowest BCUT2D eigenvalue weighted by Gasteiger charge is -2.24. The predicted octanol–water partition coefficient (Wildman–Crippen LogP) is 4.04. The number of hydrogen-bond acceptors (Lipinski definition) is 4. The second-order valence-corrected chi connectivity index (χ2v) is 4.88. The molecule has 0 bridgehead atoms. The van der Waals surface area contributed by atoms with Gasteiger partial charge in [-0.2, -0.15) is 0 Å². The summed E-state index contributed by atoms with van der Waals surface area (Å²) in [5.41, 5.74) is 2.36. The molecule has 4 nitrogen and oxygen atoms in total. The van der Waals surface area contributed by atoms with Crippen LogP contribution in [-0.2, 0) is 4.74 Å². The first-order valence-corrected chi connectivity index (χ1v) is 7.41. The van der Waals surface area contributed by atoms with E-state index in [1.807, 2.05) is 18.2 Å². The number of aryl methyl sites for hydroxylation is 1. The molecule has 116 valence electrons. The van der Waals surface area contributed by atoms with Crippen LogP contribution in [0.2, 0.25) is 0 Å². The number of likely N-dealkylation sites (N-methyl/N-ethyl adjacent to an activating group) is 1. The Morgan fingerprint density at radius 3 is 2.41 bits per heavy atom. The van der Waals surface area contributed by atoms with Gasteiger partial charge < -0.3 is 14.4 Å². The number of nitrogens with zero attached hydrogens (tertiary/aromatic N) is 1. The third-order valence-corrected chi connectivity index (χ3v) is 3.36. The molecule has 0 spiro atoms. The van der Waals surface area contributed by atoms with Crippen LogP contribution in [0.4, 0.5) is 10.5 Å². The maximum Gasteiger partial charge on any atom is 0.513 e. The molecule has 0 unspecified atom stereocenters. The van der Waals surface area contributed by atoms with Gasteiger partial charge in [0.1, 0.15) is 12.4 Å². The lowest BCUT2D eigenvalue weighted by Crippen LogP contribution is -2.29. The molecule has 0 aliphatic rings. The highest BCUT2D eigenvalue weighted by molar-refractivity contribution is 5.63. The quantitative estimate of drug-likeness (QED) is 0.596. The molecule has 0 aliphatic heterocycles. The molecule has 0 aromatic heterocycles. The van der Waals surface area contributed by atoms with Crippen LogP contribution in [0.15, 0.2) is 54.6 Å². The first-order chi connectivity index (χ1) is 10.7. The lowest BCUT2D eigenvalue weighted by atomic mass is 10.2. The van der Waals surface area contributed by atoms with Crippen LogP contribution in [0.1, 0.15) is 12.5 Å². The maximum absolute atomic E-state index is 11.6. The molecule has 0 saturated carbocycles. The summed E-state index contributed by atoms with van der Waals surface area (Å²) in [7, 11) is 0. The minimum Gasteiger partial charge on any atom is -0.432 e. The highest BCUT2D eigenvalue weighted by Gasteiger charge is 2.09. The summed E-state index contributed by atoms with van der Waals surface area (Å²) >= 11 is 0. The number of anilines is 1. The van der Waals surface area contributed by atoms with E-state index in [4.69, 9.17) is 9.47 Å². The van der Waals surface area contributed by atoms with Crippen molar-refractivity contribution < 1.29 is 14.3 Å². The van der Waals surface area contributed by atoms with Crippen LogP contribution in [0.25, 0.3) is 0 Å². The van der Waals surface area contributed by atoms with Crippen LogP contribution < -0.4 is 9.64 Å². The average molecular weight is 299 g/mol. The summed E-state index contributed by atoms with van der Waals surface area (Å²) in [6.45, 7) is 5.91. The van der Waals surface area contributed by atoms with Gasteiger partial charge in [-0.25, -0.2) is 4.79 Å². The molecule has 0 radical (unpaired) electrons. The zero-order chi connectivity index (χ0) is 15.8. The molecule has 0 fully saturated rings. The van der Waals surface area contributed by atoms with E-state index in [-0.39, 0.29) is 6.61 Å². The van der Waals surface area contributed by atoms with E-state index in [9.17, 15) is 4.79 Å². The van der Waals surface area contributed by atoms with Crippen molar-refractivity contribution >= 4 is 11.8 Å². The van der Waals surface area contributed by atoms with Crippen molar-refractivity contribution in [3.63, 3.8) is 0 Å². The van der Waals surface area contributed by atoms with Gasteiger partial charge in [0.05, 0.1) is 6.54 Å². The molecule has 2 aromatic rings. The Hall–Kier alpha value is -2.49. The molecule has 0 amide bonds. The number of carbonyl (C=O) groups is 1. The van der Waals surface area contributed by atoms with Gasteiger partial charge in [0.2, 0.25) is 0 Å². The van der Waals surface area contributed by atoms with E-state index < -0.39 is 6.16 Å².